The van der Waals surface area contributed by atoms with E-state index in [0.29, 0.717) is 27.3 Å². The predicted octanol–water partition coefficient (Wildman–Crippen LogP) is 3.37. The Kier molecular flexibility index (Phi) is 3.33. The van der Waals surface area contributed by atoms with Gasteiger partial charge in [0.15, 0.2) is 0 Å². The van der Waals surface area contributed by atoms with E-state index in [2.05, 4.69) is 12.1 Å². The molecular weight excluding hydrogens is 278 g/mol. The zero-order valence-electron chi connectivity index (χ0n) is 10.3. The van der Waals surface area contributed by atoms with Crippen molar-refractivity contribution in [1.82, 2.24) is 0 Å². The molecule has 2 aromatic rings. The molecule has 2 nitrogen and oxygen atoms in total. The van der Waals surface area contributed by atoms with Crippen LogP contribution >= 0.6 is 11.6 Å². The smallest absolute Gasteiger partial charge is 0.0803 e. The fraction of sp³-hybridized carbons (Fsp3) is 0.200. The number of benzene rings is 2. The Morgan fingerprint density at radius 3 is 2.74 bits per heavy atom. The van der Waals surface area contributed by atoms with Crippen LogP contribution in [0, 0.1) is 0 Å². The third-order valence-corrected chi connectivity index (χ3v) is 5.58. The minimum atomic E-state index is -1.15. The van der Waals surface area contributed by atoms with E-state index in [-0.39, 0.29) is 0 Å². The number of halogens is 1. The summed E-state index contributed by atoms with van der Waals surface area (Å²) in [6.45, 7) is 0. The fourth-order valence-corrected chi connectivity index (χ4v) is 4.43. The summed E-state index contributed by atoms with van der Waals surface area (Å²) >= 11 is 6.10. The SMILES string of the molecule is Nc1cccc(Cl)c1S(=O)CC1Cc2ccccc21. The Bertz CT molecular complexity index is 636. The van der Waals surface area contributed by atoms with Crippen LogP contribution in [-0.4, -0.2) is 9.96 Å². The highest BCUT2D eigenvalue weighted by molar-refractivity contribution is 7.85. The number of nitrogens with two attached hydrogens (primary N) is 1. The molecule has 0 saturated carbocycles. The van der Waals surface area contributed by atoms with Gasteiger partial charge in [0, 0.05) is 17.4 Å². The van der Waals surface area contributed by atoms with E-state index >= 15 is 0 Å². The van der Waals surface area contributed by atoms with Crippen LogP contribution < -0.4 is 5.73 Å². The lowest BCUT2D eigenvalue weighted by Gasteiger charge is -2.29. The summed E-state index contributed by atoms with van der Waals surface area (Å²) in [5.74, 6) is 0.943. The quantitative estimate of drug-likeness (QED) is 0.881. The first-order valence-corrected chi connectivity index (χ1v) is 7.86. The van der Waals surface area contributed by atoms with Crippen molar-refractivity contribution >= 4 is 28.1 Å². The Hall–Kier alpha value is -1.32. The van der Waals surface area contributed by atoms with Gasteiger partial charge in [0.05, 0.1) is 20.7 Å². The van der Waals surface area contributed by atoms with Crippen LogP contribution in [0.25, 0.3) is 0 Å². The van der Waals surface area contributed by atoms with Crippen LogP contribution in [0.4, 0.5) is 5.69 Å². The summed E-state index contributed by atoms with van der Waals surface area (Å²) < 4.78 is 12.4. The normalized spacial score (nSPS) is 18.5. The van der Waals surface area contributed by atoms with Crippen LogP contribution in [-0.2, 0) is 17.2 Å². The lowest BCUT2D eigenvalue weighted by molar-refractivity contribution is 0.645. The number of nitrogen functional groups attached to an aromatic ring is 1. The van der Waals surface area contributed by atoms with Crippen molar-refractivity contribution in [1.29, 1.82) is 0 Å². The van der Waals surface area contributed by atoms with E-state index in [1.165, 1.54) is 11.1 Å². The summed E-state index contributed by atoms with van der Waals surface area (Å²) in [6.07, 6.45) is 0.992. The first-order valence-electron chi connectivity index (χ1n) is 6.17. The van der Waals surface area contributed by atoms with Crippen LogP contribution in [0.5, 0.6) is 0 Å². The monoisotopic (exact) mass is 291 g/mol. The minimum absolute atomic E-state index is 0.354. The van der Waals surface area contributed by atoms with Gasteiger partial charge in [0.1, 0.15) is 0 Å². The zero-order chi connectivity index (χ0) is 13.4. The molecule has 98 valence electrons. The molecule has 0 amide bonds. The molecule has 0 aromatic heterocycles. The molecular formula is C15H14ClNOS. The van der Waals surface area contributed by atoms with Crippen molar-refractivity contribution in [2.75, 3.05) is 11.5 Å². The molecule has 2 aromatic carbocycles. The molecule has 0 fully saturated rings. The van der Waals surface area contributed by atoms with E-state index < -0.39 is 10.8 Å². The van der Waals surface area contributed by atoms with Gasteiger partial charge >= 0.3 is 0 Å². The Labute approximate surface area is 120 Å². The first-order chi connectivity index (χ1) is 9.16. The molecule has 2 atom stereocenters. The Balaban J connectivity index is 1.81. The summed E-state index contributed by atoms with van der Waals surface area (Å²) in [5, 5.41) is 0.492. The molecule has 3 rings (SSSR count). The van der Waals surface area contributed by atoms with Gasteiger partial charge in [-0.1, -0.05) is 41.9 Å². The molecule has 19 heavy (non-hydrogen) atoms. The van der Waals surface area contributed by atoms with Gasteiger partial charge in [-0.2, -0.15) is 0 Å². The number of hydrogen-bond acceptors (Lipinski definition) is 2. The molecule has 0 bridgehead atoms. The van der Waals surface area contributed by atoms with Gasteiger partial charge in [-0.25, -0.2) is 0 Å². The predicted molar refractivity (Wildman–Crippen MR) is 80.0 cm³/mol. The van der Waals surface area contributed by atoms with E-state index in [0.717, 1.165) is 6.42 Å². The van der Waals surface area contributed by atoms with Crippen LogP contribution in [0.2, 0.25) is 5.02 Å². The molecule has 0 radical (unpaired) electrons. The lowest BCUT2D eigenvalue weighted by atomic mass is 9.79. The number of anilines is 1. The third-order valence-electron chi connectivity index (χ3n) is 3.54. The van der Waals surface area contributed by atoms with Crippen LogP contribution in [0.15, 0.2) is 47.4 Å². The van der Waals surface area contributed by atoms with Crippen molar-refractivity contribution in [3.8, 4) is 0 Å². The molecule has 0 aliphatic heterocycles. The molecule has 4 heteroatoms. The molecule has 1 aliphatic carbocycles. The second kappa shape index (κ2) is 4.99. The summed E-state index contributed by atoms with van der Waals surface area (Å²) in [5.41, 5.74) is 9.05. The molecule has 0 spiro atoms. The van der Waals surface area contributed by atoms with Crippen molar-refractivity contribution in [2.24, 2.45) is 0 Å². The van der Waals surface area contributed by atoms with Gasteiger partial charge in [-0.3, -0.25) is 4.21 Å². The minimum Gasteiger partial charge on any atom is -0.398 e. The second-order valence-electron chi connectivity index (χ2n) is 4.77. The second-order valence-corrected chi connectivity index (χ2v) is 6.61. The Morgan fingerprint density at radius 1 is 1.21 bits per heavy atom. The van der Waals surface area contributed by atoms with Crippen LogP contribution in [0.1, 0.15) is 17.0 Å². The van der Waals surface area contributed by atoms with Gasteiger partial charge in [-0.05, 0) is 29.7 Å². The van der Waals surface area contributed by atoms with E-state index in [9.17, 15) is 4.21 Å². The maximum atomic E-state index is 12.4. The first kappa shape index (κ1) is 12.7. The molecule has 2 unspecified atom stereocenters. The highest BCUT2D eigenvalue weighted by atomic mass is 35.5. The van der Waals surface area contributed by atoms with Crippen molar-refractivity contribution in [3.63, 3.8) is 0 Å². The average molecular weight is 292 g/mol. The van der Waals surface area contributed by atoms with Crippen LogP contribution in [0.3, 0.4) is 0 Å². The van der Waals surface area contributed by atoms with Crippen molar-refractivity contribution in [3.05, 3.63) is 58.6 Å². The number of rotatable bonds is 3. The highest BCUT2D eigenvalue weighted by Gasteiger charge is 2.28. The van der Waals surface area contributed by atoms with Gasteiger partial charge in [0.2, 0.25) is 0 Å². The highest BCUT2D eigenvalue weighted by Crippen LogP contribution is 2.37. The molecule has 1 aliphatic rings. The topological polar surface area (TPSA) is 43.1 Å². The average Bonchev–Trinajstić information content (AvgIpc) is 2.36. The summed E-state index contributed by atoms with van der Waals surface area (Å²) in [7, 11) is -1.15. The van der Waals surface area contributed by atoms with E-state index in [1.807, 2.05) is 12.1 Å². The van der Waals surface area contributed by atoms with Crippen molar-refractivity contribution in [2.45, 2.75) is 17.2 Å². The molecule has 0 heterocycles. The largest absolute Gasteiger partial charge is 0.398 e. The number of hydrogen-bond donors (Lipinski definition) is 1. The lowest BCUT2D eigenvalue weighted by Crippen LogP contribution is -2.22. The zero-order valence-corrected chi connectivity index (χ0v) is 11.9. The van der Waals surface area contributed by atoms with E-state index in [1.54, 1.807) is 18.2 Å². The fourth-order valence-electron chi connectivity index (χ4n) is 2.54. The number of fused-ring (bicyclic) bond motifs is 1. The van der Waals surface area contributed by atoms with Gasteiger partial charge in [-0.15, -0.1) is 0 Å². The van der Waals surface area contributed by atoms with Gasteiger partial charge < -0.3 is 5.73 Å². The molecule has 2 N–H and O–H groups in total. The maximum absolute atomic E-state index is 12.4. The van der Waals surface area contributed by atoms with E-state index in [4.69, 9.17) is 17.3 Å². The summed E-state index contributed by atoms with van der Waals surface area (Å²) in [4.78, 5) is 0.577. The molecule has 0 saturated heterocycles. The van der Waals surface area contributed by atoms with Crippen molar-refractivity contribution < 1.29 is 4.21 Å². The van der Waals surface area contributed by atoms with Gasteiger partial charge in [0.25, 0.3) is 0 Å². The maximum Gasteiger partial charge on any atom is 0.0803 e. The Morgan fingerprint density at radius 2 is 2.00 bits per heavy atom. The summed E-state index contributed by atoms with van der Waals surface area (Å²) in [6, 6.07) is 13.6. The standard InChI is InChI=1S/C15H14ClNOS/c16-13-6-3-7-14(17)15(13)19(18)9-11-8-10-4-1-2-5-12(10)11/h1-7,11H,8-9,17H2. The third kappa shape index (κ3) is 2.28.